The van der Waals surface area contributed by atoms with Gasteiger partial charge in [0, 0.05) is 23.8 Å². The van der Waals surface area contributed by atoms with Crippen LogP contribution in [0.15, 0.2) is 82.8 Å². The summed E-state index contributed by atoms with van der Waals surface area (Å²) in [6, 6.07) is 21.5. The normalized spacial score (nSPS) is 21.9. The number of nitrogens with zero attached hydrogens (tertiary/aromatic N) is 1. The van der Waals surface area contributed by atoms with Crippen molar-refractivity contribution in [3.8, 4) is 5.75 Å². The zero-order valence-electron chi connectivity index (χ0n) is 17.6. The van der Waals surface area contributed by atoms with Gasteiger partial charge in [-0.25, -0.2) is 8.42 Å². The number of oxime groups is 1. The third-order valence-corrected chi connectivity index (χ3v) is 7.30. The molecular weight excluding hydrogens is 426 g/mol. The number of methoxy groups -OCH3 is 1. The van der Waals surface area contributed by atoms with Crippen LogP contribution in [0.2, 0.25) is 0 Å². The van der Waals surface area contributed by atoms with Crippen molar-refractivity contribution in [2.45, 2.75) is 22.8 Å². The Bertz CT molecular complexity index is 1340. The molecule has 6 nitrogen and oxygen atoms in total. The fraction of sp³-hybridized carbons (Fsp3) is 0.200. The van der Waals surface area contributed by atoms with Gasteiger partial charge >= 0.3 is 0 Å². The highest BCUT2D eigenvalue weighted by molar-refractivity contribution is 7.90. The molecule has 1 aliphatic heterocycles. The summed E-state index contributed by atoms with van der Waals surface area (Å²) in [6.07, 6.45) is 1.56. The zero-order chi connectivity index (χ0) is 22.5. The average molecular weight is 448 g/mol. The lowest BCUT2D eigenvalue weighted by atomic mass is 9.75. The molecule has 2 atom stereocenters. The number of hydrogen-bond donors (Lipinski definition) is 0. The van der Waals surface area contributed by atoms with E-state index in [0.717, 1.165) is 16.7 Å². The standard InChI is InChI=1S/C25H21NO5S/c1-30-19-11-7-17(8-12-19)23-22(16-9-13-20(14-10-16)32(2,28)29)25(31-26-23)15-18-5-3-4-6-21(18)24(25)27/h3-14,22H,15H2,1-2H3. The van der Waals surface area contributed by atoms with Crippen LogP contribution in [0.5, 0.6) is 5.75 Å². The average Bonchev–Trinajstić information content (AvgIpc) is 3.31. The largest absolute Gasteiger partial charge is 0.497 e. The van der Waals surface area contributed by atoms with Crippen molar-refractivity contribution in [1.29, 1.82) is 0 Å². The van der Waals surface area contributed by atoms with Crippen molar-refractivity contribution in [3.05, 3.63) is 95.1 Å². The maximum absolute atomic E-state index is 13.6. The van der Waals surface area contributed by atoms with Crippen LogP contribution in [0.3, 0.4) is 0 Å². The second-order valence-corrected chi connectivity index (χ2v) is 10.1. The van der Waals surface area contributed by atoms with Crippen molar-refractivity contribution in [1.82, 2.24) is 0 Å². The molecule has 2 unspecified atom stereocenters. The third-order valence-electron chi connectivity index (χ3n) is 6.17. The van der Waals surface area contributed by atoms with Gasteiger partial charge in [0.05, 0.1) is 23.6 Å². The van der Waals surface area contributed by atoms with E-state index >= 15 is 0 Å². The molecule has 0 amide bonds. The molecule has 0 radical (unpaired) electrons. The molecule has 0 saturated heterocycles. The van der Waals surface area contributed by atoms with Crippen LogP contribution in [0.25, 0.3) is 0 Å². The highest BCUT2D eigenvalue weighted by Gasteiger charge is 2.59. The number of benzene rings is 3. The quantitative estimate of drug-likeness (QED) is 0.608. The number of Topliss-reactive ketones (excluding diaryl/α,β-unsaturated/α-hetero) is 1. The number of carbonyl (C=O) groups is 1. The molecule has 1 aliphatic carbocycles. The molecule has 5 rings (SSSR count). The molecule has 0 bridgehead atoms. The van der Waals surface area contributed by atoms with Gasteiger partial charge in [0.1, 0.15) is 5.75 Å². The summed E-state index contributed by atoms with van der Waals surface area (Å²) >= 11 is 0. The van der Waals surface area contributed by atoms with Crippen molar-refractivity contribution < 1.29 is 22.8 Å². The molecule has 0 saturated carbocycles. The molecule has 32 heavy (non-hydrogen) atoms. The van der Waals surface area contributed by atoms with Crippen LogP contribution >= 0.6 is 0 Å². The van der Waals surface area contributed by atoms with Gasteiger partial charge in [0.25, 0.3) is 0 Å². The predicted octanol–water partition coefficient (Wildman–Crippen LogP) is 3.79. The first-order chi connectivity index (χ1) is 15.3. The van der Waals surface area contributed by atoms with Crippen LogP contribution in [0, 0.1) is 0 Å². The van der Waals surface area contributed by atoms with Crippen molar-refractivity contribution in [3.63, 3.8) is 0 Å². The number of carbonyl (C=O) groups excluding carboxylic acids is 1. The van der Waals surface area contributed by atoms with E-state index in [-0.39, 0.29) is 10.7 Å². The van der Waals surface area contributed by atoms with Crippen molar-refractivity contribution in [2.75, 3.05) is 13.4 Å². The van der Waals surface area contributed by atoms with Gasteiger partial charge in [-0.2, -0.15) is 0 Å². The molecule has 162 valence electrons. The van der Waals surface area contributed by atoms with Crippen LogP contribution in [0.1, 0.15) is 33.0 Å². The lowest BCUT2D eigenvalue weighted by Crippen LogP contribution is -2.43. The monoisotopic (exact) mass is 447 g/mol. The highest BCUT2D eigenvalue weighted by Crippen LogP contribution is 2.48. The van der Waals surface area contributed by atoms with Gasteiger partial charge in [0.2, 0.25) is 11.4 Å². The van der Waals surface area contributed by atoms with E-state index in [0.29, 0.717) is 23.4 Å². The second-order valence-electron chi connectivity index (χ2n) is 8.12. The van der Waals surface area contributed by atoms with E-state index in [1.54, 1.807) is 31.4 Å². The second kappa shape index (κ2) is 7.31. The fourth-order valence-corrected chi connectivity index (χ4v) is 5.20. The molecule has 1 heterocycles. The summed E-state index contributed by atoms with van der Waals surface area (Å²) in [5, 5.41) is 4.40. The van der Waals surface area contributed by atoms with E-state index in [2.05, 4.69) is 5.16 Å². The summed E-state index contributed by atoms with van der Waals surface area (Å²) in [5.41, 5.74) is 2.55. The lowest BCUT2D eigenvalue weighted by Gasteiger charge is -2.28. The maximum Gasteiger partial charge on any atom is 0.216 e. The Morgan fingerprint density at radius 2 is 1.69 bits per heavy atom. The number of ketones is 1. The summed E-state index contributed by atoms with van der Waals surface area (Å²) in [7, 11) is -1.74. The minimum absolute atomic E-state index is 0.113. The topological polar surface area (TPSA) is 82.0 Å². The summed E-state index contributed by atoms with van der Waals surface area (Å²) in [5.74, 6) is 0.100. The van der Waals surface area contributed by atoms with E-state index in [4.69, 9.17) is 9.57 Å². The first-order valence-electron chi connectivity index (χ1n) is 10.2. The SMILES string of the molecule is COc1ccc(C2=NOC3(Cc4ccccc4C3=O)C2c2ccc(S(C)(=O)=O)cc2)cc1. The smallest absolute Gasteiger partial charge is 0.216 e. The Balaban J connectivity index is 1.63. The van der Waals surface area contributed by atoms with Gasteiger partial charge in [0.15, 0.2) is 9.84 Å². The number of ether oxygens (including phenoxy) is 1. The Labute approximate surface area is 186 Å². The minimum Gasteiger partial charge on any atom is -0.497 e. The number of rotatable bonds is 4. The van der Waals surface area contributed by atoms with E-state index in [9.17, 15) is 13.2 Å². The number of sulfone groups is 1. The van der Waals surface area contributed by atoms with Crippen LogP contribution in [-0.2, 0) is 21.1 Å². The van der Waals surface area contributed by atoms with Gasteiger partial charge in [-0.3, -0.25) is 4.79 Å². The highest BCUT2D eigenvalue weighted by atomic mass is 32.2. The maximum atomic E-state index is 13.6. The minimum atomic E-state index is -3.34. The predicted molar refractivity (Wildman–Crippen MR) is 120 cm³/mol. The Morgan fingerprint density at radius 1 is 1.00 bits per heavy atom. The Kier molecular flexibility index (Phi) is 4.67. The first kappa shape index (κ1) is 20.5. The van der Waals surface area contributed by atoms with Gasteiger partial charge < -0.3 is 9.57 Å². The Morgan fingerprint density at radius 3 is 2.31 bits per heavy atom. The third kappa shape index (κ3) is 3.12. The molecule has 2 aliphatic rings. The van der Waals surface area contributed by atoms with Crippen molar-refractivity contribution in [2.24, 2.45) is 5.16 Å². The lowest BCUT2D eigenvalue weighted by molar-refractivity contribution is -0.00692. The Hall–Kier alpha value is -3.45. The summed E-state index contributed by atoms with van der Waals surface area (Å²) in [6.45, 7) is 0. The zero-order valence-corrected chi connectivity index (χ0v) is 18.4. The van der Waals surface area contributed by atoms with Crippen LogP contribution < -0.4 is 4.74 Å². The van der Waals surface area contributed by atoms with Crippen LogP contribution in [-0.4, -0.2) is 38.9 Å². The molecule has 3 aromatic carbocycles. The number of hydrogen-bond acceptors (Lipinski definition) is 6. The molecule has 0 fully saturated rings. The molecule has 3 aromatic rings. The fourth-order valence-electron chi connectivity index (χ4n) is 4.57. The van der Waals surface area contributed by atoms with E-state index in [1.165, 1.54) is 6.26 Å². The first-order valence-corrected chi connectivity index (χ1v) is 12.1. The number of fused-ring (bicyclic) bond motifs is 1. The summed E-state index contributed by atoms with van der Waals surface area (Å²) < 4.78 is 29.2. The molecule has 1 spiro atoms. The van der Waals surface area contributed by atoms with Gasteiger partial charge in [-0.15, -0.1) is 0 Å². The summed E-state index contributed by atoms with van der Waals surface area (Å²) in [4.78, 5) is 19.8. The van der Waals surface area contributed by atoms with Crippen LogP contribution in [0.4, 0.5) is 0 Å². The van der Waals surface area contributed by atoms with E-state index < -0.39 is 21.4 Å². The van der Waals surface area contributed by atoms with Gasteiger partial charge in [-0.1, -0.05) is 41.6 Å². The van der Waals surface area contributed by atoms with Crippen molar-refractivity contribution >= 4 is 21.3 Å². The van der Waals surface area contributed by atoms with Gasteiger partial charge in [-0.05, 0) is 47.5 Å². The van der Waals surface area contributed by atoms with E-state index in [1.807, 2.05) is 48.5 Å². The molecule has 0 N–H and O–H groups in total. The molecule has 7 heteroatoms. The molecular formula is C25H21NO5S. The molecule has 0 aromatic heterocycles.